The van der Waals surface area contributed by atoms with Crippen molar-refractivity contribution in [2.75, 3.05) is 13.2 Å². The lowest BCUT2D eigenvalue weighted by Crippen LogP contribution is -2.32. The first-order valence-electron chi connectivity index (χ1n) is 5.87. The van der Waals surface area contributed by atoms with Gasteiger partial charge >= 0.3 is 0 Å². The number of hydrogen-bond acceptors (Lipinski definition) is 5. The third kappa shape index (κ3) is 3.16. The highest BCUT2D eigenvalue weighted by atomic mass is 15.3. The van der Waals surface area contributed by atoms with E-state index in [-0.39, 0.29) is 0 Å². The normalized spacial score (nSPS) is 14.3. The molecule has 1 aromatic rings. The first kappa shape index (κ1) is 12.3. The lowest BCUT2D eigenvalue weighted by atomic mass is 10.2. The third-order valence-corrected chi connectivity index (χ3v) is 2.62. The van der Waals surface area contributed by atoms with Crippen LogP contribution in [0.2, 0.25) is 0 Å². The number of aromatic nitrogens is 1. The van der Waals surface area contributed by atoms with Gasteiger partial charge < -0.3 is 10.2 Å². The maximum absolute atomic E-state index is 4.36. The van der Waals surface area contributed by atoms with Crippen LogP contribution in [0.1, 0.15) is 11.3 Å². The van der Waals surface area contributed by atoms with E-state index < -0.39 is 0 Å². The van der Waals surface area contributed by atoms with Gasteiger partial charge in [-0.25, -0.2) is 9.98 Å². The third-order valence-electron chi connectivity index (χ3n) is 2.62. The molecule has 0 atom stereocenters. The Morgan fingerprint density at radius 3 is 3.11 bits per heavy atom. The van der Waals surface area contributed by atoms with Crippen molar-refractivity contribution in [2.24, 2.45) is 9.98 Å². The molecule has 5 nitrogen and oxygen atoms in total. The minimum atomic E-state index is 0.596. The van der Waals surface area contributed by atoms with Crippen molar-refractivity contribution in [3.8, 4) is 0 Å². The largest absolute Gasteiger partial charge is 0.351 e. The van der Waals surface area contributed by atoms with Gasteiger partial charge in [-0.05, 0) is 18.6 Å². The maximum Gasteiger partial charge on any atom is 0.221 e. The molecule has 0 bridgehead atoms. The average molecular weight is 243 g/mol. The van der Waals surface area contributed by atoms with Crippen LogP contribution in [0.5, 0.6) is 0 Å². The molecule has 1 N–H and O–H groups in total. The van der Waals surface area contributed by atoms with E-state index in [4.69, 9.17) is 0 Å². The second-order valence-corrected chi connectivity index (χ2v) is 4.05. The molecule has 1 aliphatic rings. The molecule has 0 saturated carbocycles. The molecule has 0 amide bonds. The van der Waals surface area contributed by atoms with Crippen molar-refractivity contribution in [2.45, 2.75) is 13.5 Å². The number of nitrogens with one attached hydrogen (secondary N) is 1. The van der Waals surface area contributed by atoms with Gasteiger partial charge in [-0.2, -0.15) is 0 Å². The average Bonchev–Trinajstić information content (AvgIpc) is 2.41. The topological polar surface area (TPSA) is 52.9 Å². The number of pyridine rings is 1. The van der Waals surface area contributed by atoms with Crippen LogP contribution in [-0.2, 0) is 6.54 Å². The molecule has 0 aromatic carbocycles. The summed E-state index contributed by atoms with van der Waals surface area (Å²) in [5, 5.41) is 3.06. The lowest BCUT2D eigenvalue weighted by Gasteiger charge is -2.21. The molecule has 0 spiro atoms. The van der Waals surface area contributed by atoms with Crippen molar-refractivity contribution in [3.05, 3.63) is 42.2 Å². The van der Waals surface area contributed by atoms with Crippen molar-refractivity contribution >= 4 is 12.3 Å². The number of aliphatic imine (C=N–C) groups is 2. The molecule has 0 fully saturated rings. The molecule has 0 radical (unpaired) electrons. The quantitative estimate of drug-likeness (QED) is 0.811. The van der Waals surface area contributed by atoms with E-state index in [9.17, 15) is 0 Å². The molecule has 0 unspecified atom stereocenters. The van der Waals surface area contributed by atoms with Crippen molar-refractivity contribution in [1.29, 1.82) is 0 Å². The Morgan fingerprint density at radius 2 is 2.44 bits per heavy atom. The molecular formula is C13H17N5. The second kappa shape index (κ2) is 5.95. The zero-order valence-electron chi connectivity index (χ0n) is 10.5. The van der Waals surface area contributed by atoms with Gasteiger partial charge in [0.2, 0.25) is 5.96 Å². The van der Waals surface area contributed by atoms with Crippen LogP contribution in [0.25, 0.3) is 0 Å². The molecule has 0 aliphatic carbocycles. The van der Waals surface area contributed by atoms with Gasteiger partial charge in [0.25, 0.3) is 0 Å². The number of hydrogen-bond donors (Lipinski definition) is 1. The predicted molar refractivity (Wildman–Crippen MR) is 73.5 cm³/mol. The summed E-state index contributed by atoms with van der Waals surface area (Å²) in [7, 11) is 0. The van der Waals surface area contributed by atoms with Crippen molar-refractivity contribution < 1.29 is 0 Å². The van der Waals surface area contributed by atoms with E-state index in [0.29, 0.717) is 19.2 Å². The fourth-order valence-corrected chi connectivity index (χ4v) is 1.60. The number of nitrogens with zero attached hydrogens (tertiary/aromatic N) is 4. The van der Waals surface area contributed by atoms with E-state index in [0.717, 1.165) is 12.2 Å². The van der Waals surface area contributed by atoms with Gasteiger partial charge in [0.15, 0.2) is 0 Å². The molecule has 2 rings (SSSR count). The summed E-state index contributed by atoms with van der Waals surface area (Å²) >= 11 is 0. The molecule has 1 aromatic heterocycles. The zero-order chi connectivity index (χ0) is 12.8. The van der Waals surface area contributed by atoms with Gasteiger partial charge in [0, 0.05) is 12.7 Å². The second-order valence-electron chi connectivity index (χ2n) is 4.05. The summed E-state index contributed by atoms with van der Waals surface area (Å²) in [6.45, 7) is 7.70. The minimum Gasteiger partial charge on any atom is -0.351 e. The van der Waals surface area contributed by atoms with Gasteiger partial charge in [-0.3, -0.25) is 4.98 Å². The van der Waals surface area contributed by atoms with Gasteiger partial charge in [0.05, 0.1) is 18.6 Å². The summed E-state index contributed by atoms with van der Waals surface area (Å²) in [5.41, 5.74) is 2.24. The zero-order valence-corrected chi connectivity index (χ0v) is 10.5. The van der Waals surface area contributed by atoms with E-state index >= 15 is 0 Å². The SMILES string of the molecule is C=CCNC1=NCN(Cc2ncccc2C)C=N1. The summed E-state index contributed by atoms with van der Waals surface area (Å²) in [5.74, 6) is 0.656. The van der Waals surface area contributed by atoms with Crippen molar-refractivity contribution in [1.82, 2.24) is 15.2 Å². The molecular weight excluding hydrogens is 226 g/mol. The fourth-order valence-electron chi connectivity index (χ4n) is 1.60. The molecule has 2 heterocycles. The van der Waals surface area contributed by atoms with Crippen LogP contribution in [-0.4, -0.2) is 35.4 Å². The summed E-state index contributed by atoms with van der Waals surface area (Å²) in [6.07, 6.45) is 5.39. The minimum absolute atomic E-state index is 0.596. The molecule has 1 aliphatic heterocycles. The van der Waals surface area contributed by atoms with Crippen molar-refractivity contribution in [3.63, 3.8) is 0 Å². The Hall–Kier alpha value is -2.17. The standard InChI is InChI=1S/C13H17N5/c1-3-6-15-13-16-9-18(10-17-13)8-12-11(2)5-4-7-14-12/h3-5,7,9H,1,6,8,10H2,2H3,(H,15,17). The Morgan fingerprint density at radius 1 is 1.56 bits per heavy atom. The van der Waals surface area contributed by atoms with Gasteiger partial charge in [-0.1, -0.05) is 12.1 Å². The molecule has 0 saturated heterocycles. The van der Waals surface area contributed by atoms with Crippen LogP contribution in [0.15, 0.2) is 41.0 Å². The van der Waals surface area contributed by atoms with Crippen LogP contribution < -0.4 is 5.32 Å². The number of rotatable bonds is 4. The first-order valence-corrected chi connectivity index (χ1v) is 5.87. The highest BCUT2D eigenvalue weighted by Crippen LogP contribution is 2.07. The van der Waals surface area contributed by atoms with Crippen LogP contribution in [0.3, 0.4) is 0 Å². The van der Waals surface area contributed by atoms with Gasteiger partial charge in [0.1, 0.15) is 6.67 Å². The summed E-state index contributed by atoms with van der Waals surface area (Å²) < 4.78 is 0. The highest BCUT2D eigenvalue weighted by molar-refractivity contribution is 5.88. The monoisotopic (exact) mass is 243 g/mol. The summed E-state index contributed by atoms with van der Waals surface area (Å²) in [6, 6.07) is 4.00. The van der Waals surface area contributed by atoms with E-state index in [1.54, 1.807) is 12.4 Å². The van der Waals surface area contributed by atoms with E-state index in [1.165, 1.54) is 5.56 Å². The van der Waals surface area contributed by atoms with Gasteiger partial charge in [-0.15, -0.1) is 6.58 Å². The van der Waals surface area contributed by atoms with Crippen LogP contribution in [0, 0.1) is 6.92 Å². The van der Waals surface area contributed by atoms with Crippen LogP contribution in [0.4, 0.5) is 0 Å². The Kier molecular flexibility index (Phi) is 4.06. The Balaban J connectivity index is 1.91. The fraction of sp³-hybridized carbons (Fsp3) is 0.308. The molecule has 5 heteroatoms. The van der Waals surface area contributed by atoms with E-state index in [1.807, 2.05) is 17.2 Å². The van der Waals surface area contributed by atoms with Crippen LogP contribution >= 0.6 is 0 Å². The van der Waals surface area contributed by atoms with E-state index in [2.05, 4.69) is 39.9 Å². The number of aryl methyl sites for hydroxylation is 1. The smallest absolute Gasteiger partial charge is 0.221 e. The summed E-state index contributed by atoms with van der Waals surface area (Å²) in [4.78, 5) is 15.0. The Bertz CT molecular complexity index is 478. The number of guanidine groups is 1. The maximum atomic E-state index is 4.36. The Labute approximate surface area is 107 Å². The predicted octanol–water partition coefficient (Wildman–Crippen LogP) is 1.32. The molecule has 94 valence electrons. The molecule has 18 heavy (non-hydrogen) atoms. The first-order chi connectivity index (χ1) is 8.79. The lowest BCUT2D eigenvalue weighted by molar-refractivity contribution is 0.426. The highest BCUT2D eigenvalue weighted by Gasteiger charge is 2.09.